The largest absolute Gasteiger partial charge is 0.496 e. The van der Waals surface area contributed by atoms with Crippen LogP contribution in [0, 0.1) is 0 Å². The lowest BCUT2D eigenvalue weighted by molar-refractivity contribution is 0.414. The van der Waals surface area contributed by atoms with E-state index >= 15 is 0 Å². The van der Waals surface area contributed by atoms with Crippen molar-refractivity contribution >= 4 is 35.4 Å². The Morgan fingerprint density at radius 1 is 0.686 bits per heavy atom. The Morgan fingerprint density at radius 2 is 1.31 bits per heavy atom. The van der Waals surface area contributed by atoms with E-state index in [2.05, 4.69) is 69.5 Å². The van der Waals surface area contributed by atoms with Gasteiger partial charge in [0.25, 0.3) is 0 Å². The van der Waals surface area contributed by atoms with Crippen molar-refractivity contribution in [1.29, 1.82) is 0 Å². The van der Waals surface area contributed by atoms with E-state index in [1.54, 1.807) is 14.2 Å². The van der Waals surface area contributed by atoms with Crippen molar-refractivity contribution in [3.8, 4) is 11.5 Å². The van der Waals surface area contributed by atoms with Crippen molar-refractivity contribution in [3.63, 3.8) is 0 Å². The van der Waals surface area contributed by atoms with Crippen molar-refractivity contribution in [2.75, 3.05) is 30.7 Å². The lowest BCUT2D eigenvalue weighted by Gasteiger charge is -2.18. The minimum atomic E-state index is 0.650. The van der Waals surface area contributed by atoms with Gasteiger partial charge in [-0.2, -0.15) is 0 Å². The summed E-state index contributed by atoms with van der Waals surface area (Å²) in [6.45, 7) is 0.650. The number of pyridine rings is 1. The normalized spacial score (nSPS) is 13.0. The maximum Gasteiger partial charge on any atom is 0.134 e. The molecule has 5 nitrogen and oxygen atoms in total. The SMILES string of the molecule is COc1ccccc1/C=C/c1cccc2c1N(/C=C/c1ccccc1OC)CN2c1ccccn1. The number of fused-ring (bicyclic) bond motifs is 1. The third-order valence-corrected chi connectivity index (χ3v) is 6.00. The first-order valence-corrected chi connectivity index (χ1v) is 11.5. The molecule has 0 bridgehead atoms. The van der Waals surface area contributed by atoms with Crippen LogP contribution in [-0.2, 0) is 0 Å². The number of aromatic nitrogens is 1. The van der Waals surface area contributed by atoms with Crippen LogP contribution < -0.4 is 19.3 Å². The van der Waals surface area contributed by atoms with Gasteiger partial charge >= 0.3 is 0 Å². The molecule has 4 aromatic rings. The fraction of sp³-hybridized carbons (Fsp3) is 0.100. The summed E-state index contributed by atoms with van der Waals surface area (Å²) >= 11 is 0. The van der Waals surface area contributed by atoms with E-state index in [1.165, 1.54) is 0 Å². The van der Waals surface area contributed by atoms with Crippen LogP contribution in [-0.4, -0.2) is 25.9 Å². The number of anilines is 3. The van der Waals surface area contributed by atoms with E-state index < -0.39 is 0 Å². The molecule has 5 rings (SSSR count). The van der Waals surface area contributed by atoms with E-state index in [-0.39, 0.29) is 0 Å². The van der Waals surface area contributed by atoms with Gasteiger partial charge in [-0.15, -0.1) is 0 Å². The number of hydrogen-bond donors (Lipinski definition) is 0. The van der Waals surface area contributed by atoms with Gasteiger partial charge in [0.15, 0.2) is 0 Å². The predicted molar refractivity (Wildman–Crippen MR) is 144 cm³/mol. The highest BCUT2D eigenvalue weighted by Crippen LogP contribution is 2.43. The molecule has 2 heterocycles. The molecule has 1 aliphatic rings. The van der Waals surface area contributed by atoms with E-state index in [9.17, 15) is 0 Å². The molecule has 0 unspecified atom stereocenters. The van der Waals surface area contributed by atoms with Gasteiger partial charge in [0.1, 0.15) is 24.0 Å². The van der Waals surface area contributed by atoms with E-state index in [0.29, 0.717) is 6.67 Å². The maximum absolute atomic E-state index is 5.54. The summed E-state index contributed by atoms with van der Waals surface area (Å²) in [5.74, 6) is 2.60. The number of rotatable bonds is 7. The Kier molecular flexibility index (Phi) is 6.48. The first kappa shape index (κ1) is 22.3. The summed E-state index contributed by atoms with van der Waals surface area (Å²) < 4.78 is 11.1. The zero-order valence-corrected chi connectivity index (χ0v) is 19.8. The molecule has 0 aliphatic carbocycles. The Balaban J connectivity index is 1.57. The van der Waals surface area contributed by atoms with Gasteiger partial charge in [-0.25, -0.2) is 4.98 Å². The quantitative estimate of drug-likeness (QED) is 0.281. The fourth-order valence-corrected chi connectivity index (χ4v) is 4.30. The highest BCUT2D eigenvalue weighted by Gasteiger charge is 2.28. The Bertz CT molecular complexity index is 1370. The van der Waals surface area contributed by atoms with Gasteiger partial charge in [-0.3, -0.25) is 0 Å². The summed E-state index contributed by atoms with van der Waals surface area (Å²) in [6.07, 6.45) is 10.3. The fourth-order valence-electron chi connectivity index (χ4n) is 4.30. The first-order valence-electron chi connectivity index (χ1n) is 11.5. The molecule has 0 fully saturated rings. The number of methoxy groups -OCH3 is 2. The van der Waals surface area contributed by atoms with Crippen LogP contribution in [0.3, 0.4) is 0 Å². The van der Waals surface area contributed by atoms with E-state index in [1.807, 2.05) is 60.8 Å². The highest BCUT2D eigenvalue weighted by molar-refractivity contribution is 5.91. The van der Waals surface area contributed by atoms with Crippen molar-refractivity contribution in [2.24, 2.45) is 0 Å². The molecule has 35 heavy (non-hydrogen) atoms. The molecule has 0 spiro atoms. The lowest BCUT2D eigenvalue weighted by Crippen LogP contribution is -2.24. The van der Waals surface area contributed by atoms with E-state index in [4.69, 9.17) is 9.47 Å². The predicted octanol–water partition coefficient (Wildman–Crippen LogP) is 6.86. The minimum absolute atomic E-state index is 0.650. The lowest BCUT2D eigenvalue weighted by atomic mass is 10.1. The average molecular weight is 462 g/mol. The molecule has 0 saturated heterocycles. The molecule has 1 aromatic heterocycles. The summed E-state index contributed by atoms with van der Waals surface area (Å²) in [5, 5.41) is 0. The molecule has 0 atom stereocenters. The first-order chi connectivity index (χ1) is 17.3. The molecule has 1 aliphatic heterocycles. The Hall–Kier alpha value is -4.51. The zero-order valence-electron chi connectivity index (χ0n) is 19.8. The summed E-state index contributed by atoms with van der Waals surface area (Å²) in [7, 11) is 3.39. The van der Waals surface area contributed by atoms with E-state index in [0.717, 1.165) is 45.4 Å². The van der Waals surface area contributed by atoms with Crippen LogP contribution in [0.25, 0.3) is 18.2 Å². The molecular weight excluding hydrogens is 434 g/mol. The number of para-hydroxylation sites is 3. The molecule has 5 heteroatoms. The number of nitrogens with zero attached hydrogens (tertiary/aromatic N) is 3. The average Bonchev–Trinajstić information content (AvgIpc) is 3.31. The topological polar surface area (TPSA) is 37.8 Å². The molecule has 0 radical (unpaired) electrons. The number of hydrogen-bond acceptors (Lipinski definition) is 5. The van der Waals surface area contributed by atoms with Crippen LogP contribution in [0.5, 0.6) is 11.5 Å². The van der Waals surface area contributed by atoms with Gasteiger partial charge in [0, 0.05) is 29.1 Å². The Labute approximate surface area is 206 Å². The van der Waals surface area contributed by atoms with Crippen molar-refractivity contribution in [3.05, 3.63) is 114 Å². The van der Waals surface area contributed by atoms with Gasteiger partial charge < -0.3 is 19.3 Å². The smallest absolute Gasteiger partial charge is 0.134 e. The van der Waals surface area contributed by atoms with Crippen LogP contribution >= 0.6 is 0 Å². The standard InChI is InChI=1S/C30H27N3O2/c1-34-27-14-5-3-10-23(27)17-18-25-12-9-13-26-30(25)32(22-33(26)29-16-7-8-20-31-29)21-19-24-11-4-6-15-28(24)35-2/h3-21H,22H2,1-2H3/b18-17+,21-19+. The molecule has 0 N–H and O–H groups in total. The summed E-state index contributed by atoms with van der Waals surface area (Å²) in [4.78, 5) is 9.08. The van der Waals surface area contributed by atoms with Crippen LogP contribution in [0.1, 0.15) is 16.7 Å². The summed E-state index contributed by atoms with van der Waals surface area (Å²) in [6, 6.07) is 28.4. The maximum atomic E-state index is 5.54. The van der Waals surface area contributed by atoms with Crippen LogP contribution in [0.15, 0.2) is 97.3 Å². The van der Waals surface area contributed by atoms with Crippen LogP contribution in [0.4, 0.5) is 17.2 Å². The zero-order chi connectivity index (χ0) is 24.0. The Morgan fingerprint density at radius 3 is 2.00 bits per heavy atom. The van der Waals surface area contributed by atoms with Crippen molar-refractivity contribution < 1.29 is 9.47 Å². The van der Waals surface area contributed by atoms with Crippen molar-refractivity contribution in [1.82, 2.24) is 4.98 Å². The van der Waals surface area contributed by atoms with Crippen LogP contribution in [0.2, 0.25) is 0 Å². The third kappa shape index (κ3) is 4.62. The van der Waals surface area contributed by atoms with Crippen molar-refractivity contribution in [2.45, 2.75) is 0 Å². The number of benzene rings is 3. The molecule has 0 amide bonds. The second-order valence-corrected chi connectivity index (χ2v) is 8.08. The number of ether oxygens (including phenoxy) is 2. The van der Waals surface area contributed by atoms with Gasteiger partial charge in [0.2, 0.25) is 0 Å². The second-order valence-electron chi connectivity index (χ2n) is 8.08. The van der Waals surface area contributed by atoms with Gasteiger partial charge in [-0.1, -0.05) is 66.7 Å². The molecule has 3 aromatic carbocycles. The third-order valence-electron chi connectivity index (χ3n) is 6.00. The second kappa shape index (κ2) is 10.2. The monoisotopic (exact) mass is 461 g/mol. The summed E-state index contributed by atoms with van der Waals surface area (Å²) in [5.41, 5.74) is 5.39. The molecule has 174 valence electrons. The molecule has 0 saturated carbocycles. The molecular formula is C30H27N3O2. The van der Waals surface area contributed by atoms with Gasteiger partial charge in [0.05, 0.1) is 25.6 Å². The van der Waals surface area contributed by atoms with Gasteiger partial charge in [-0.05, 0) is 36.4 Å². The minimum Gasteiger partial charge on any atom is -0.496 e. The highest BCUT2D eigenvalue weighted by atomic mass is 16.5.